The molecule has 0 aromatic heterocycles. The maximum Gasteiger partial charge on any atom is 0.408 e. The number of nitrogens with zero attached hydrogens (tertiary/aromatic N) is 1. The number of hydrogen-bond donors (Lipinski definition) is 2. The van der Waals surface area contributed by atoms with Crippen LogP contribution >= 0.6 is 0 Å². The molecule has 0 bridgehead atoms. The van der Waals surface area contributed by atoms with Crippen LogP contribution in [0, 0.1) is 12.8 Å². The first-order valence-electron chi connectivity index (χ1n) is 11.6. The minimum absolute atomic E-state index is 0.0353. The summed E-state index contributed by atoms with van der Waals surface area (Å²) in [5, 5.41) is 5.20. The topological polar surface area (TPSA) is 114 Å². The lowest BCUT2D eigenvalue weighted by Crippen LogP contribution is -2.53. The van der Waals surface area contributed by atoms with Gasteiger partial charge >= 0.3 is 12.1 Å². The number of esters is 1. The maximum atomic E-state index is 13.8. The molecule has 9 heteroatoms. The van der Waals surface area contributed by atoms with Crippen molar-refractivity contribution in [1.82, 2.24) is 15.5 Å². The number of carbonyl (C=O) groups is 4. The van der Waals surface area contributed by atoms with E-state index in [9.17, 15) is 19.2 Å². The summed E-state index contributed by atoms with van der Waals surface area (Å²) in [6, 6.07) is 5.15. The number of hydrogen-bond acceptors (Lipinski definition) is 6. The molecular weight excluding hydrogens is 450 g/mol. The zero-order valence-electron chi connectivity index (χ0n) is 21.8. The summed E-state index contributed by atoms with van der Waals surface area (Å²) in [7, 11) is 1.22. The van der Waals surface area contributed by atoms with E-state index in [0.717, 1.165) is 5.56 Å². The van der Waals surface area contributed by atoms with Crippen molar-refractivity contribution in [2.45, 2.75) is 65.6 Å². The molecule has 0 saturated carbocycles. The Kier molecular flexibility index (Phi) is 11.5. The Bertz CT molecular complexity index is 889. The van der Waals surface area contributed by atoms with Crippen molar-refractivity contribution in [3.63, 3.8) is 0 Å². The molecule has 35 heavy (non-hydrogen) atoms. The molecule has 2 atom stereocenters. The third-order valence-electron chi connectivity index (χ3n) is 4.89. The van der Waals surface area contributed by atoms with Gasteiger partial charge in [0.05, 0.1) is 7.11 Å². The van der Waals surface area contributed by atoms with Gasteiger partial charge in [0.1, 0.15) is 24.2 Å². The van der Waals surface area contributed by atoms with Crippen LogP contribution in [0.5, 0.6) is 0 Å². The van der Waals surface area contributed by atoms with Crippen LogP contribution in [-0.2, 0) is 23.9 Å². The Balaban J connectivity index is 3.40. The molecule has 0 spiro atoms. The first-order chi connectivity index (χ1) is 16.3. The highest BCUT2D eigenvalue weighted by molar-refractivity contribution is 5.93. The highest BCUT2D eigenvalue weighted by Gasteiger charge is 2.36. The van der Waals surface area contributed by atoms with Gasteiger partial charge in [0, 0.05) is 6.54 Å². The molecule has 194 valence electrons. The third-order valence-corrected chi connectivity index (χ3v) is 4.89. The Morgan fingerprint density at radius 1 is 1.11 bits per heavy atom. The third kappa shape index (κ3) is 10.2. The van der Waals surface area contributed by atoms with Crippen LogP contribution in [0.1, 0.15) is 58.2 Å². The smallest absolute Gasteiger partial charge is 0.408 e. The van der Waals surface area contributed by atoms with Crippen molar-refractivity contribution in [1.29, 1.82) is 0 Å². The molecule has 0 aliphatic carbocycles. The van der Waals surface area contributed by atoms with Gasteiger partial charge in [0.2, 0.25) is 11.8 Å². The van der Waals surface area contributed by atoms with Crippen LogP contribution in [0.15, 0.2) is 36.9 Å². The first kappa shape index (κ1) is 29.7. The second-order valence-electron chi connectivity index (χ2n) is 9.71. The van der Waals surface area contributed by atoms with Gasteiger partial charge in [0.15, 0.2) is 0 Å². The van der Waals surface area contributed by atoms with Crippen LogP contribution in [0.3, 0.4) is 0 Å². The average Bonchev–Trinajstić information content (AvgIpc) is 2.75. The molecule has 2 unspecified atom stereocenters. The van der Waals surface area contributed by atoms with Gasteiger partial charge in [-0.05, 0) is 45.6 Å². The number of aryl methyl sites for hydroxylation is 1. The Morgan fingerprint density at radius 3 is 2.20 bits per heavy atom. The highest BCUT2D eigenvalue weighted by atomic mass is 16.6. The van der Waals surface area contributed by atoms with E-state index in [2.05, 4.69) is 21.9 Å². The molecule has 0 radical (unpaired) electrons. The van der Waals surface area contributed by atoms with Gasteiger partial charge in [-0.25, -0.2) is 4.79 Å². The molecular formula is C26H39N3O6. The summed E-state index contributed by atoms with van der Waals surface area (Å²) >= 11 is 0. The molecule has 3 amide bonds. The minimum atomic E-state index is -1.07. The average molecular weight is 490 g/mol. The van der Waals surface area contributed by atoms with Gasteiger partial charge in [-0.15, -0.1) is 6.58 Å². The van der Waals surface area contributed by atoms with Gasteiger partial charge in [-0.3, -0.25) is 14.4 Å². The molecule has 0 saturated heterocycles. The lowest BCUT2D eigenvalue weighted by Gasteiger charge is -2.34. The molecule has 9 nitrogen and oxygen atoms in total. The number of ether oxygens (including phenoxy) is 2. The van der Waals surface area contributed by atoms with Crippen LogP contribution in [0.4, 0.5) is 4.79 Å². The first-order valence-corrected chi connectivity index (χ1v) is 11.6. The molecule has 0 heterocycles. The molecule has 0 aliphatic heterocycles. The molecule has 0 fully saturated rings. The molecule has 2 N–H and O–H groups in total. The number of nitrogens with one attached hydrogen (secondary N) is 2. The van der Waals surface area contributed by atoms with E-state index in [0.29, 0.717) is 12.0 Å². The quantitative estimate of drug-likeness (QED) is 0.364. The fourth-order valence-electron chi connectivity index (χ4n) is 3.35. The van der Waals surface area contributed by atoms with E-state index in [-0.39, 0.29) is 19.0 Å². The second-order valence-corrected chi connectivity index (χ2v) is 9.71. The SMILES string of the molecule is C=CCN(C(=O)C(CC(C)C)NC(=O)OC(C)(C)C)C(C(=O)NCC(=O)OC)c1ccc(C)cc1. The van der Waals surface area contributed by atoms with Gasteiger partial charge < -0.3 is 25.0 Å². The van der Waals surface area contributed by atoms with E-state index in [1.54, 1.807) is 32.9 Å². The summed E-state index contributed by atoms with van der Waals surface area (Å²) in [5.41, 5.74) is 0.788. The Hall–Kier alpha value is -3.36. The zero-order valence-corrected chi connectivity index (χ0v) is 21.8. The van der Waals surface area contributed by atoms with Crippen molar-refractivity contribution in [3.8, 4) is 0 Å². The number of benzene rings is 1. The van der Waals surface area contributed by atoms with E-state index in [1.165, 1.54) is 18.1 Å². The van der Waals surface area contributed by atoms with E-state index >= 15 is 0 Å². The lowest BCUT2D eigenvalue weighted by molar-refractivity contribution is -0.144. The molecule has 0 aliphatic rings. The monoisotopic (exact) mass is 489 g/mol. The largest absolute Gasteiger partial charge is 0.468 e. The molecule has 1 aromatic rings. The summed E-state index contributed by atoms with van der Waals surface area (Å²) in [6.45, 7) is 14.4. The second kappa shape index (κ2) is 13.5. The zero-order chi connectivity index (χ0) is 26.8. The normalized spacial score (nSPS) is 12.8. The summed E-state index contributed by atoms with van der Waals surface area (Å²) in [4.78, 5) is 52.5. The van der Waals surface area contributed by atoms with Crippen molar-refractivity contribution in [3.05, 3.63) is 48.0 Å². The van der Waals surface area contributed by atoms with E-state index < -0.39 is 41.6 Å². The highest BCUT2D eigenvalue weighted by Crippen LogP contribution is 2.24. The van der Waals surface area contributed by atoms with Crippen molar-refractivity contribution < 1.29 is 28.7 Å². The number of rotatable bonds is 11. The molecule has 1 aromatic carbocycles. The fourth-order valence-corrected chi connectivity index (χ4v) is 3.35. The van der Waals surface area contributed by atoms with Crippen LogP contribution in [0.2, 0.25) is 0 Å². The van der Waals surface area contributed by atoms with Crippen LogP contribution < -0.4 is 10.6 Å². The Morgan fingerprint density at radius 2 is 1.71 bits per heavy atom. The number of alkyl carbamates (subject to hydrolysis) is 1. The van der Waals surface area contributed by atoms with Gasteiger partial charge in [-0.1, -0.05) is 49.8 Å². The van der Waals surface area contributed by atoms with Gasteiger partial charge in [0.25, 0.3) is 0 Å². The van der Waals surface area contributed by atoms with Crippen LogP contribution in [0.25, 0.3) is 0 Å². The summed E-state index contributed by atoms with van der Waals surface area (Å²) < 4.78 is 9.96. The summed E-state index contributed by atoms with van der Waals surface area (Å²) in [6.07, 6.45) is 1.11. The van der Waals surface area contributed by atoms with Crippen molar-refractivity contribution in [2.75, 3.05) is 20.2 Å². The number of methoxy groups -OCH3 is 1. The van der Waals surface area contributed by atoms with E-state index in [4.69, 9.17) is 4.74 Å². The predicted octanol–water partition coefficient (Wildman–Crippen LogP) is 3.28. The van der Waals surface area contributed by atoms with Crippen LogP contribution in [-0.4, -0.2) is 60.6 Å². The maximum absolute atomic E-state index is 13.8. The van der Waals surface area contributed by atoms with E-state index in [1.807, 2.05) is 32.9 Å². The molecule has 1 rings (SSSR count). The van der Waals surface area contributed by atoms with Crippen molar-refractivity contribution >= 4 is 23.9 Å². The van der Waals surface area contributed by atoms with Gasteiger partial charge in [-0.2, -0.15) is 0 Å². The number of amides is 3. The minimum Gasteiger partial charge on any atom is -0.468 e. The standard InChI is InChI=1S/C26H39N3O6/c1-9-14-29(24(32)20(15-17(2)3)28-25(33)35-26(5,6)7)22(19-12-10-18(4)11-13-19)23(31)27-16-21(30)34-8/h9-13,17,20,22H,1,14-16H2,2-8H3,(H,27,31)(H,28,33). The van der Waals surface area contributed by atoms with Crippen molar-refractivity contribution in [2.24, 2.45) is 5.92 Å². The summed E-state index contributed by atoms with van der Waals surface area (Å²) in [5.74, 6) is -1.58. The Labute approximate surface area is 208 Å². The number of carbonyl (C=O) groups excluding carboxylic acids is 4. The fraction of sp³-hybridized carbons (Fsp3) is 0.538. The predicted molar refractivity (Wildman–Crippen MR) is 133 cm³/mol. The lowest BCUT2D eigenvalue weighted by atomic mass is 9.98.